The van der Waals surface area contributed by atoms with Crippen LogP contribution in [0.1, 0.15) is 34.9 Å². The van der Waals surface area contributed by atoms with Crippen LogP contribution in [0.4, 0.5) is 0 Å². The van der Waals surface area contributed by atoms with Crippen LogP contribution in [0.5, 0.6) is 0 Å². The number of hydrogen-bond acceptors (Lipinski definition) is 5. The van der Waals surface area contributed by atoms with E-state index in [1.807, 2.05) is 37.3 Å². The number of para-hydroxylation sites is 1. The molecule has 6 heteroatoms. The van der Waals surface area contributed by atoms with E-state index in [1.54, 1.807) is 6.92 Å². The van der Waals surface area contributed by atoms with Gasteiger partial charge in [0.1, 0.15) is 17.0 Å². The molecular formula is C14H13N3O3. The van der Waals surface area contributed by atoms with Gasteiger partial charge in [-0.1, -0.05) is 23.4 Å². The first-order valence-electron chi connectivity index (χ1n) is 6.23. The van der Waals surface area contributed by atoms with Crippen molar-refractivity contribution in [2.24, 2.45) is 0 Å². The van der Waals surface area contributed by atoms with E-state index >= 15 is 0 Å². The molecule has 1 amide bonds. The fourth-order valence-corrected chi connectivity index (χ4v) is 1.99. The van der Waals surface area contributed by atoms with Crippen molar-refractivity contribution < 1.29 is 13.8 Å². The molecule has 20 heavy (non-hydrogen) atoms. The van der Waals surface area contributed by atoms with Gasteiger partial charge in [0.25, 0.3) is 5.91 Å². The molecule has 0 unspecified atom stereocenters. The zero-order valence-electron chi connectivity index (χ0n) is 11.1. The SMILES string of the molecule is Cc1nonc1C(=O)N[C@@H](C)c1cc2ccccc2o1. The second kappa shape index (κ2) is 4.80. The zero-order chi connectivity index (χ0) is 14.1. The molecule has 0 bridgehead atoms. The molecule has 3 aromatic rings. The number of furan rings is 1. The van der Waals surface area contributed by atoms with E-state index in [2.05, 4.69) is 20.3 Å². The summed E-state index contributed by atoms with van der Waals surface area (Å²) in [5.41, 5.74) is 1.44. The van der Waals surface area contributed by atoms with E-state index in [0.717, 1.165) is 11.0 Å². The normalized spacial score (nSPS) is 12.5. The third-order valence-electron chi connectivity index (χ3n) is 3.09. The molecule has 1 aromatic carbocycles. The highest BCUT2D eigenvalue weighted by Gasteiger charge is 2.19. The molecule has 6 nitrogen and oxygen atoms in total. The highest BCUT2D eigenvalue weighted by molar-refractivity contribution is 5.93. The van der Waals surface area contributed by atoms with Crippen molar-refractivity contribution >= 4 is 16.9 Å². The van der Waals surface area contributed by atoms with Crippen LogP contribution < -0.4 is 5.32 Å². The summed E-state index contributed by atoms with van der Waals surface area (Å²) in [6, 6.07) is 9.33. The summed E-state index contributed by atoms with van der Waals surface area (Å²) < 4.78 is 10.2. The number of carbonyl (C=O) groups is 1. The summed E-state index contributed by atoms with van der Waals surface area (Å²) in [5.74, 6) is 0.352. The zero-order valence-corrected chi connectivity index (χ0v) is 11.1. The van der Waals surface area contributed by atoms with Crippen molar-refractivity contribution in [3.8, 4) is 0 Å². The van der Waals surface area contributed by atoms with Crippen LogP contribution in [-0.2, 0) is 0 Å². The number of fused-ring (bicyclic) bond motifs is 1. The molecule has 0 saturated heterocycles. The van der Waals surface area contributed by atoms with Crippen LogP contribution in [0.15, 0.2) is 39.4 Å². The number of nitrogens with one attached hydrogen (secondary N) is 1. The van der Waals surface area contributed by atoms with Crippen molar-refractivity contribution in [1.82, 2.24) is 15.6 Å². The maximum atomic E-state index is 12.0. The van der Waals surface area contributed by atoms with Crippen molar-refractivity contribution in [2.75, 3.05) is 0 Å². The van der Waals surface area contributed by atoms with Gasteiger partial charge in [-0.2, -0.15) is 0 Å². The third kappa shape index (κ3) is 2.16. The molecule has 2 heterocycles. The first-order chi connectivity index (χ1) is 9.65. The Morgan fingerprint density at radius 2 is 2.10 bits per heavy atom. The number of aryl methyl sites for hydroxylation is 1. The van der Waals surface area contributed by atoms with Gasteiger partial charge in [0, 0.05) is 5.39 Å². The first kappa shape index (κ1) is 12.4. The molecule has 3 rings (SSSR count). The van der Waals surface area contributed by atoms with Crippen LogP contribution >= 0.6 is 0 Å². The second-order valence-electron chi connectivity index (χ2n) is 4.58. The Kier molecular flexibility index (Phi) is 2.98. The molecule has 2 aromatic heterocycles. The highest BCUT2D eigenvalue weighted by atomic mass is 16.6. The molecule has 0 fully saturated rings. The topological polar surface area (TPSA) is 81.2 Å². The molecule has 0 aliphatic rings. The Morgan fingerprint density at radius 3 is 2.80 bits per heavy atom. The Labute approximate surface area is 114 Å². The van der Waals surface area contributed by atoms with Crippen LogP contribution in [-0.4, -0.2) is 16.2 Å². The maximum absolute atomic E-state index is 12.0. The van der Waals surface area contributed by atoms with Crippen LogP contribution in [0, 0.1) is 6.92 Å². The average Bonchev–Trinajstić information content (AvgIpc) is 3.04. The molecule has 102 valence electrons. The fourth-order valence-electron chi connectivity index (χ4n) is 1.99. The van der Waals surface area contributed by atoms with Crippen molar-refractivity contribution in [3.05, 3.63) is 47.5 Å². The fraction of sp³-hybridized carbons (Fsp3) is 0.214. The van der Waals surface area contributed by atoms with Gasteiger partial charge in [-0.3, -0.25) is 4.79 Å². The first-order valence-corrected chi connectivity index (χ1v) is 6.23. The van der Waals surface area contributed by atoms with Crippen molar-refractivity contribution in [1.29, 1.82) is 0 Å². The highest BCUT2D eigenvalue weighted by Crippen LogP contribution is 2.23. The molecule has 0 aliphatic heterocycles. The van der Waals surface area contributed by atoms with Gasteiger partial charge in [-0.05, 0) is 31.1 Å². The van der Waals surface area contributed by atoms with Crippen molar-refractivity contribution in [3.63, 3.8) is 0 Å². The summed E-state index contributed by atoms with van der Waals surface area (Å²) in [5, 5.41) is 11.0. The predicted octanol–water partition coefficient (Wildman–Crippen LogP) is 2.62. The van der Waals surface area contributed by atoms with Gasteiger partial charge >= 0.3 is 0 Å². The molecular weight excluding hydrogens is 258 g/mol. The van der Waals surface area contributed by atoms with E-state index in [4.69, 9.17) is 4.42 Å². The van der Waals surface area contributed by atoms with E-state index in [0.29, 0.717) is 11.5 Å². The second-order valence-corrected chi connectivity index (χ2v) is 4.58. The summed E-state index contributed by atoms with van der Waals surface area (Å²) in [7, 11) is 0. The molecule has 0 spiro atoms. The van der Waals surface area contributed by atoms with Crippen LogP contribution in [0.3, 0.4) is 0 Å². The lowest BCUT2D eigenvalue weighted by Crippen LogP contribution is -2.27. The van der Waals surface area contributed by atoms with E-state index in [9.17, 15) is 4.79 Å². The smallest absolute Gasteiger partial charge is 0.276 e. The number of nitrogens with zero attached hydrogens (tertiary/aromatic N) is 2. The van der Waals surface area contributed by atoms with E-state index in [1.165, 1.54) is 0 Å². The average molecular weight is 271 g/mol. The summed E-state index contributed by atoms with van der Waals surface area (Å²) in [6.45, 7) is 3.51. The van der Waals surface area contributed by atoms with Crippen LogP contribution in [0.25, 0.3) is 11.0 Å². The number of rotatable bonds is 3. The van der Waals surface area contributed by atoms with Gasteiger partial charge in [0.15, 0.2) is 5.69 Å². The molecule has 1 atom stereocenters. The maximum Gasteiger partial charge on any atom is 0.276 e. The number of amides is 1. The van der Waals surface area contributed by atoms with E-state index < -0.39 is 0 Å². The van der Waals surface area contributed by atoms with Gasteiger partial charge in [-0.25, -0.2) is 4.63 Å². The number of benzene rings is 1. The summed E-state index contributed by atoms with van der Waals surface area (Å²) >= 11 is 0. The van der Waals surface area contributed by atoms with Gasteiger partial charge in [-0.15, -0.1) is 0 Å². The Hall–Kier alpha value is -2.63. The lowest BCUT2D eigenvalue weighted by Gasteiger charge is -2.09. The standard InChI is InChI=1S/C14H13N3O3/c1-8(15-14(18)13-9(2)16-20-17-13)12-7-10-5-3-4-6-11(10)19-12/h3-8H,1-2H3,(H,15,18)/t8-/m0/s1. The molecule has 0 saturated carbocycles. The number of hydrogen-bond donors (Lipinski definition) is 1. The number of aromatic nitrogens is 2. The Balaban J connectivity index is 1.80. The lowest BCUT2D eigenvalue weighted by atomic mass is 10.2. The molecule has 1 N–H and O–H groups in total. The third-order valence-corrected chi connectivity index (χ3v) is 3.09. The lowest BCUT2D eigenvalue weighted by molar-refractivity contribution is 0.0925. The quantitative estimate of drug-likeness (QED) is 0.791. The van der Waals surface area contributed by atoms with Gasteiger partial charge < -0.3 is 9.73 Å². The monoisotopic (exact) mass is 271 g/mol. The van der Waals surface area contributed by atoms with Crippen LogP contribution in [0.2, 0.25) is 0 Å². The van der Waals surface area contributed by atoms with Crippen molar-refractivity contribution in [2.45, 2.75) is 19.9 Å². The summed E-state index contributed by atoms with van der Waals surface area (Å²) in [4.78, 5) is 12.0. The molecule has 0 aliphatic carbocycles. The minimum Gasteiger partial charge on any atom is -0.459 e. The minimum absolute atomic E-state index is 0.188. The number of carbonyl (C=O) groups excluding carboxylic acids is 1. The minimum atomic E-state index is -0.336. The predicted molar refractivity (Wildman–Crippen MR) is 71.1 cm³/mol. The van der Waals surface area contributed by atoms with E-state index in [-0.39, 0.29) is 17.6 Å². The summed E-state index contributed by atoms with van der Waals surface area (Å²) in [6.07, 6.45) is 0. The Morgan fingerprint density at radius 1 is 1.30 bits per heavy atom. The largest absolute Gasteiger partial charge is 0.459 e. The molecule has 0 radical (unpaired) electrons. The van der Waals surface area contributed by atoms with Gasteiger partial charge in [0.05, 0.1) is 6.04 Å². The van der Waals surface area contributed by atoms with Gasteiger partial charge in [0.2, 0.25) is 0 Å². The Bertz CT molecular complexity index is 727.